The van der Waals surface area contributed by atoms with E-state index in [1.54, 1.807) is 41.3 Å². The third kappa shape index (κ3) is 3.75. The number of rotatable bonds is 5. The van der Waals surface area contributed by atoms with Crippen molar-refractivity contribution in [3.8, 4) is 11.5 Å². The van der Waals surface area contributed by atoms with E-state index < -0.39 is 0 Å². The number of carbonyl (C=O) groups is 3. The Balaban J connectivity index is 1.33. The third-order valence-corrected chi connectivity index (χ3v) is 4.56. The van der Waals surface area contributed by atoms with Gasteiger partial charge in [0, 0.05) is 29.9 Å². The molecule has 2 N–H and O–H groups in total. The molecule has 1 fully saturated rings. The van der Waals surface area contributed by atoms with E-state index in [1.165, 1.54) is 0 Å². The van der Waals surface area contributed by atoms with Crippen LogP contribution >= 0.6 is 0 Å². The van der Waals surface area contributed by atoms with Crippen molar-refractivity contribution in [2.75, 3.05) is 30.1 Å². The van der Waals surface area contributed by atoms with E-state index >= 15 is 0 Å². The Morgan fingerprint density at radius 2 is 1.93 bits per heavy atom. The highest BCUT2D eigenvalue weighted by Crippen LogP contribution is 2.32. The Kier molecular flexibility index (Phi) is 4.84. The summed E-state index contributed by atoms with van der Waals surface area (Å²) in [5.41, 5.74) is 1.70. The standard InChI is InChI=1S/C20H19N3O5/c24-18(11-21-20(26)13-6-7-16-17(9-13)28-12-27-16)22-14-3-1-4-15(10-14)23-8-2-5-19(23)25/h1,3-4,6-7,9-10H,2,5,8,11-12H2,(H,21,26)(H,22,24). The number of nitrogens with one attached hydrogen (secondary N) is 2. The number of carbonyl (C=O) groups excluding carboxylic acids is 3. The summed E-state index contributed by atoms with van der Waals surface area (Å²) >= 11 is 0. The fourth-order valence-electron chi connectivity index (χ4n) is 3.18. The van der Waals surface area contributed by atoms with Crippen LogP contribution in [-0.2, 0) is 9.59 Å². The van der Waals surface area contributed by atoms with Crippen LogP contribution in [0.2, 0.25) is 0 Å². The molecule has 8 nitrogen and oxygen atoms in total. The van der Waals surface area contributed by atoms with E-state index in [9.17, 15) is 14.4 Å². The topological polar surface area (TPSA) is 97.0 Å². The van der Waals surface area contributed by atoms with Gasteiger partial charge < -0.3 is 25.0 Å². The lowest BCUT2D eigenvalue weighted by molar-refractivity contribution is -0.117. The smallest absolute Gasteiger partial charge is 0.251 e. The average Bonchev–Trinajstić information content (AvgIpc) is 3.34. The molecule has 0 unspecified atom stereocenters. The van der Waals surface area contributed by atoms with Gasteiger partial charge in [-0.15, -0.1) is 0 Å². The Bertz CT molecular complexity index is 943. The fourth-order valence-corrected chi connectivity index (χ4v) is 3.18. The minimum atomic E-state index is -0.384. The molecule has 0 saturated carbocycles. The second-order valence-electron chi connectivity index (χ2n) is 6.50. The lowest BCUT2D eigenvalue weighted by Gasteiger charge is -2.16. The van der Waals surface area contributed by atoms with Crippen molar-refractivity contribution in [1.29, 1.82) is 0 Å². The monoisotopic (exact) mass is 381 g/mol. The van der Waals surface area contributed by atoms with Crippen LogP contribution in [0.15, 0.2) is 42.5 Å². The van der Waals surface area contributed by atoms with Crippen LogP contribution < -0.4 is 25.0 Å². The third-order valence-electron chi connectivity index (χ3n) is 4.56. The Morgan fingerprint density at radius 3 is 2.75 bits per heavy atom. The van der Waals surface area contributed by atoms with Crippen LogP contribution in [0.3, 0.4) is 0 Å². The molecule has 0 radical (unpaired) electrons. The van der Waals surface area contributed by atoms with Gasteiger partial charge in [0.1, 0.15) is 0 Å². The first-order valence-electron chi connectivity index (χ1n) is 8.98. The maximum absolute atomic E-state index is 12.2. The molecule has 0 aromatic heterocycles. The molecular weight excluding hydrogens is 362 g/mol. The molecule has 2 aromatic rings. The number of ether oxygens (including phenoxy) is 2. The summed E-state index contributed by atoms with van der Waals surface area (Å²) in [7, 11) is 0. The van der Waals surface area contributed by atoms with Gasteiger partial charge in [-0.25, -0.2) is 0 Å². The molecule has 1 saturated heterocycles. The second kappa shape index (κ2) is 7.59. The van der Waals surface area contributed by atoms with Crippen LogP contribution in [-0.4, -0.2) is 37.6 Å². The summed E-state index contributed by atoms with van der Waals surface area (Å²) in [6.07, 6.45) is 1.38. The van der Waals surface area contributed by atoms with Crippen molar-refractivity contribution in [3.05, 3.63) is 48.0 Å². The van der Waals surface area contributed by atoms with E-state index in [0.717, 1.165) is 12.1 Å². The first kappa shape index (κ1) is 17.8. The van der Waals surface area contributed by atoms with Gasteiger partial charge in [0.25, 0.3) is 5.91 Å². The van der Waals surface area contributed by atoms with Crippen LogP contribution in [0, 0.1) is 0 Å². The highest BCUT2D eigenvalue weighted by Gasteiger charge is 2.22. The van der Waals surface area contributed by atoms with Crippen molar-refractivity contribution in [2.45, 2.75) is 12.8 Å². The van der Waals surface area contributed by atoms with Crippen molar-refractivity contribution in [1.82, 2.24) is 5.32 Å². The summed E-state index contributed by atoms with van der Waals surface area (Å²) in [5.74, 6) is 0.430. The Morgan fingerprint density at radius 1 is 1.07 bits per heavy atom. The number of nitrogens with zero attached hydrogens (tertiary/aromatic N) is 1. The van der Waals surface area contributed by atoms with E-state index in [0.29, 0.717) is 35.7 Å². The summed E-state index contributed by atoms with van der Waals surface area (Å²) in [4.78, 5) is 38.0. The molecule has 0 spiro atoms. The molecule has 2 aliphatic rings. The number of anilines is 2. The minimum absolute atomic E-state index is 0.0828. The van der Waals surface area contributed by atoms with Crippen LogP contribution in [0.5, 0.6) is 11.5 Å². The predicted octanol–water partition coefficient (Wildman–Crippen LogP) is 1.91. The SMILES string of the molecule is O=C(CNC(=O)c1ccc2c(c1)OCO2)Nc1cccc(N2CCCC2=O)c1. The molecular formula is C20H19N3O5. The van der Waals surface area contributed by atoms with E-state index in [4.69, 9.17) is 9.47 Å². The number of benzene rings is 2. The van der Waals surface area contributed by atoms with Crippen molar-refractivity contribution in [3.63, 3.8) is 0 Å². The minimum Gasteiger partial charge on any atom is -0.454 e. The number of hydrogen-bond acceptors (Lipinski definition) is 5. The van der Waals surface area contributed by atoms with Crippen LogP contribution in [0.25, 0.3) is 0 Å². The van der Waals surface area contributed by atoms with E-state index in [1.807, 2.05) is 6.07 Å². The first-order chi connectivity index (χ1) is 13.6. The van der Waals surface area contributed by atoms with Gasteiger partial charge in [-0.2, -0.15) is 0 Å². The molecule has 2 aromatic carbocycles. The predicted molar refractivity (Wildman–Crippen MR) is 102 cm³/mol. The van der Waals surface area contributed by atoms with E-state index in [2.05, 4.69) is 10.6 Å². The van der Waals surface area contributed by atoms with Crippen molar-refractivity contribution >= 4 is 29.1 Å². The van der Waals surface area contributed by atoms with E-state index in [-0.39, 0.29) is 31.1 Å². The normalized spacial score (nSPS) is 14.9. The summed E-state index contributed by atoms with van der Waals surface area (Å²) in [5, 5.41) is 5.31. The molecule has 144 valence electrons. The number of hydrogen-bond donors (Lipinski definition) is 2. The summed E-state index contributed by atoms with van der Waals surface area (Å²) in [6, 6.07) is 11.9. The molecule has 2 heterocycles. The van der Waals surface area contributed by atoms with Gasteiger partial charge in [0.05, 0.1) is 6.54 Å². The molecule has 0 aliphatic carbocycles. The maximum Gasteiger partial charge on any atom is 0.251 e. The molecule has 8 heteroatoms. The molecule has 2 aliphatic heterocycles. The van der Waals surface area contributed by atoms with Gasteiger partial charge in [-0.1, -0.05) is 6.07 Å². The lowest BCUT2D eigenvalue weighted by atomic mass is 10.2. The van der Waals surface area contributed by atoms with Crippen LogP contribution in [0.4, 0.5) is 11.4 Å². The molecule has 0 bridgehead atoms. The highest BCUT2D eigenvalue weighted by atomic mass is 16.7. The highest BCUT2D eigenvalue weighted by molar-refractivity contribution is 6.00. The summed E-state index contributed by atoms with van der Waals surface area (Å²) < 4.78 is 10.5. The Hall–Kier alpha value is -3.55. The molecule has 28 heavy (non-hydrogen) atoms. The lowest BCUT2D eigenvalue weighted by Crippen LogP contribution is -2.32. The molecule has 4 rings (SSSR count). The maximum atomic E-state index is 12.2. The summed E-state index contributed by atoms with van der Waals surface area (Å²) in [6.45, 7) is 0.632. The Labute approximate surface area is 161 Å². The van der Waals surface area contributed by atoms with Gasteiger partial charge in [0.2, 0.25) is 18.6 Å². The zero-order valence-corrected chi connectivity index (χ0v) is 15.1. The van der Waals surface area contributed by atoms with Crippen LogP contribution in [0.1, 0.15) is 23.2 Å². The van der Waals surface area contributed by atoms with Crippen molar-refractivity contribution in [2.24, 2.45) is 0 Å². The first-order valence-corrected chi connectivity index (χ1v) is 8.98. The van der Waals surface area contributed by atoms with Gasteiger partial charge in [0.15, 0.2) is 11.5 Å². The zero-order chi connectivity index (χ0) is 19.5. The molecule has 3 amide bonds. The van der Waals surface area contributed by atoms with Gasteiger partial charge in [-0.3, -0.25) is 14.4 Å². The number of amides is 3. The fraction of sp³-hybridized carbons (Fsp3) is 0.250. The average molecular weight is 381 g/mol. The van der Waals surface area contributed by atoms with Gasteiger partial charge in [-0.05, 0) is 42.8 Å². The quantitative estimate of drug-likeness (QED) is 0.825. The molecule has 0 atom stereocenters. The van der Waals surface area contributed by atoms with Crippen molar-refractivity contribution < 1.29 is 23.9 Å². The number of fused-ring (bicyclic) bond motifs is 1. The second-order valence-corrected chi connectivity index (χ2v) is 6.50. The zero-order valence-electron chi connectivity index (χ0n) is 15.1. The van der Waals surface area contributed by atoms with Gasteiger partial charge >= 0.3 is 0 Å². The largest absolute Gasteiger partial charge is 0.454 e.